The molecule has 2 amide bonds. The van der Waals surface area contributed by atoms with Crippen molar-refractivity contribution in [3.05, 3.63) is 36.5 Å². The number of amides is 2. The van der Waals surface area contributed by atoms with Gasteiger partial charge in [-0.05, 0) is 51.5 Å². The predicted molar refractivity (Wildman–Crippen MR) is 115 cm³/mol. The molecule has 2 atom stereocenters. The van der Waals surface area contributed by atoms with Crippen LogP contribution in [0.15, 0.2) is 36.5 Å². The number of hydrogen-bond acceptors (Lipinski definition) is 6. The van der Waals surface area contributed by atoms with Crippen LogP contribution in [0.2, 0.25) is 0 Å². The first-order chi connectivity index (χ1) is 14.0. The average molecular weight is 402 g/mol. The summed E-state index contributed by atoms with van der Waals surface area (Å²) in [5.41, 5.74) is 0.684. The highest BCUT2D eigenvalue weighted by atomic mass is 16.5. The average Bonchev–Trinajstić information content (AvgIpc) is 2.70. The van der Waals surface area contributed by atoms with Crippen LogP contribution in [0.25, 0.3) is 0 Å². The quantitative estimate of drug-likeness (QED) is 0.626. The van der Waals surface area contributed by atoms with Crippen molar-refractivity contribution >= 4 is 23.5 Å². The number of carbonyl (C=O) groups excluding carboxylic acids is 1. The maximum absolute atomic E-state index is 13.0. The zero-order valence-corrected chi connectivity index (χ0v) is 17.8. The Morgan fingerprint density at radius 3 is 2.48 bits per heavy atom. The van der Waals surface area contributed by atoms with Crippen molar-refractivity contribution in [1.29, 1.82) is 0 Å². The molecule has 2 unspecified atom stereocenters. The van der Waals surface area contributed by atoms with E-state index in [0.29, 0.717) is 30.7 Å². The third-order valence-electron chi connectivity index (χ3n) is 4.25. The Morgan fingerprint density at radius 2 is 1.86 bits per heavy atom. The van der Waals surface area contributed by atoms with Gasteiger partial charge in [-0.3, -0.25) is 0 Å². The van der Waals surface area contributed by atoms with Crippen molar-refractivity contribution < 1.29 is 14.3 Å². The number of nitrogens with zero attached hydrogens (tertiary/aromatic N) is 3. The highest BCUT2D eigenvalue weighted by Crippen LogP contribution is 2.27. The minimum atomic E-state index is -0.252. The third-order valence-corrected chi connectivity index (χ3v) is 4.25. The normalized spacial score (nSPS) is 12.7. The van der Waals surface area contributed by atoms with Gasteiger partial charge < -0.3 is 20.1 Å². The molecule has 0 saturated carbocycles. The largest absolute Gasteiger partial charge is 0.494 e. The summed E-state index contributed by atoms with van der Waals surface area (Å²) in [6.45, 7) is 8.99. The van der Waals surface area contributed by atoms with Crippen molar-refractivity contribution in [2.24, 2.45) is 0 Å². The number of carbonyl (C=O) groups is 1. The lowest BCUT2D eigenvalue weighted by atomic mass is 10.2. The molecule has 158 valence electrons. The van der Waals surface area contributed by atoms with Gasteiger partial charge in [-0.25, -0.2) is 14.7 Å². The molecule has 1 aromatic heterocycles. The molecule has 2 rings (SSSR count). The Balaban J connectivity index is 2.35. The molecule has 8 nitrogen and oxygen atoms in total. The maximum Gasteiger partial charge on any atom is 0.327 e. The number of benzene rings is 1. The molecule has 0 saturated heterocycles. The molecule has 2 N–H and O–H groups in total. The standard InChI is InChI=1S/C21H31N5O3/c1-6-15(3)24-21(27)26(17-8-10-18(11-9-17)29-7-2)19-12-13-22-20(25-19)23-16(4)14-28-5/h8-13,15-16H,6-7,14H2,1-5H3,(H,24,27)(H,22,23,25). The van der Waals surface area contributed by atoms with E-state index in [-0.39, 0.29) is 18.1 Å². The molecular formula is C21H31N5O3. The van der Waals surface area contributed by atoms with Gasteiger partial charge >= 0.3 is 6.03 Å². The smallest absolute Gasteiger partial charge is 0.327 e. The Hall–Kier alpha value is -2.87. The van der Waals surface area contributed by atoms with Crippen LogP contribution in [0.3, 0.4) is 0 Å². The van der Waals surface area contributed by atoms with Gasteiger partial charge in [-0.15, -0.1) is 0 Å². The van der Waals surface area contributed by atoms with Crippen LogP contribution in [-0.2, 0) is 4.74 Å². The summed E-state index contributed by atoms with van der Waals surface area (Å²) in [6.07, 6.45) is 2.45. The van der Waals surface area contributed by atoms with E-state index >= 15 is 0 Å². The van der Waals surface area contributed by atoms with Crippen LogP contribution in [0.1, 0.15) is 34.1 Å². The molecule has 8 heteroatoms. The Morgan fingerprint density at radius 1 is 1.14 bits per heavy atom. The van der Waals surface area contributed by atoms with Crippen LogP contribution in [0.5, 0.6) is 5.75 Å². The van der Waals surface area contributed by atoms with E-state index in [4.69, 9.17) is 9.47 Å². The molecule has 0 aliphatic heterocycles. The summed E-state index contributed by atoms with van der Waals surface area (Å²) in [5.74, 6) is 1.65. The van der Waals surface area contributed by atoms with Gasteiger partial charge in [-0.2, -0.15) is 4.98 Å². The Labute approximate surface area is 172 Å². The first-order valence-electron chi connectivity index (χ1n) is 9.90. The lowest BCUT2D eigenvalue weighted by Gasteiger charge is -2.25. The SMILES string of the molecule is CCOc1ccc(N(C(=O)NC(C)CC)c2ccnc(NC(C)COC)n2)cc1. The number of aromatic nitrogens is 2. The zero-order chi connectivity index (χ0) is 21.2. The summed E-state index contributed by atoms with van der Waals surface area (Å²) in [6, 6.07) is 8.87. The number of methoxy groups -OCH3 is 1. The van der Waals surface area contributed by atoms with Crippen LogP contribution in [0, 0.1) is 0 Å². The molecule has 0 fully saturated rings. The van der Waals surface area contributed by atoms with Gasteiger partial charge in [0.25, 0.3) is 0 Å². The van der Waals surface area contributed by atoms with Crippen LogP contribution in [-0.4, -0.2) is 48.4 Å². The summed E-state index contributed by atoms with van der Waals surface area (Å²) in [5, 5.41) is 6.18. The first-order valence-corrected chi connectivity index (χ1v) is 9.90. The van der Waals surface area contributed by atoms with E-state index in [1.54, 1.807) is 19.4 Å². The Bertz CT molecular complexity index is 769. The van der Waals surface area contributed by atoms with Gasteiger partial charge in [0.1, 0.15) is 11.6 Å². The molecule has 0 bridgehead atoms. The van der Waals surface area contributed by atoms with E-state index in [2.05, 4.69) is 20.6 Å². The lowest BCUT2D eigenvalue weighted by molar-refractivity contribution is 0.190. The molecule has 0 spiro atoms. The Kier molecular flexibility index (Phi) is 8.67. The molecule has 0 radical (unpaired) electrons. The highest BCUT2D eigenvalue weighted by Gasteiger charge is 2.21. The number of anilines is 3. The second kappa shape index (κ2) is 11.2. The van der Waals surface area contributed by atoms with Crippen molar-refractivity contribution in [2.45, 2.75) is 46.2 Å². The fourth-order valence-corrected chi connectivity index (χ4v) is 2.64. The summed E-state index contributed by atoms with van der Waals surface area (Å²) in [4.78, 5) is 23.4. The molecule has 1 heterocycles. The van der Waals surface area contributed by atoms with Crippen LogP contribution < -0.4 is 20.3 Å². The number of urea groups is 1. The second-order valence-electron chi connectivity index (χ2n) is 6.76. The van der Waals surface area contributed by atoms with Crippen molar-refractivity contribution in [3.63, 3.8) is 0 Å². The van der Waals surface area contributed by atoms with E-state index in [1.807, 2.05) is 52.0 Å². The summed E-state index contributed by atoms with van der Waals surface area (Å²) >= 11 is 0. The van der Waals surface area contributed by atoms with Gasteiger partial charge in [0.15, 0.2) is 0 Å². The second-order valence-corrected chi connectivity index (χ2v) is 6.76. The number of hydrogen-bond donors (Lipinski definition) is 2. The molecular weight excluding hydrogens is 370 g/mol. The van der Waals surface area contributed by atoms with E-state index in [0.717, 1.165) is 12.2 Å². The van der Waals surface area contributed by atoms with Crippen molar-refractivity contribution in [2.75, 3.05) is 30.5 Å². The third kappa shape index (κ3) is 6.60. The highest BCUT2D eigenvalue weighted by molar-refractivity contribution is 5.98. The minimum absolute atomic E-state index is 0.0307. The van der Waals surface area contributed by atoms with Crippen LogP contribution >= 0.6 is 0 Å². The van der Waals surface area contributed by atoms with Gasteiger partial charge in [0.05, 0.1) is 18.9 Å². The van der Waals surface area contributed by atoms with E-state index in [1.165, 1.54) is 4.90 Å². The topological polar surface area (TPSA) is 88.6 Å². The van der Waals surface area contributed by atoms with E-state index in [9.17, 15) is 4.79 Å². The molecule has 1 aromatic carbocycles. The fourth-order valence-electron chi connectivity index (χ4n) is 2.64. The predicted octanol–water partition coefficient (Wildman–Crippen LogP) is 3.97. The monoisotopic (exact) mass is 401 g/mol. The lowest BCUT2D eigenvalue weighted by Crippen LogP contribution is -2.41. The van der Waals surface area contributed by atoms with E-state index < -0.39 is 0 Å². The molecule has 0 aliphatic rings. The minimum Gasteiger partial charge on any atom is -0.494 e. The fraction of sp³-hybridized carbons (Fsp3) is 0.476. The van der Waals surface area contributed by atoms with Gasteiger partial charge in [0, 0.05) is 31.5 Å². The number of nitrogens with one attached hydrogen (secondary N) is 2. The molecule has 29 heavy (non-hydrogen) atoms. The van der Waals surface area contributed by atoms with Crippen molar-refractivity contribution in [3.8, 4) is 5.75 Å². The maximum atomic E-state index is 13.0. The summed E-state index contributed by atoms with van der Waals surface area (Å²) in [7, 11) is 1.64. The zero-order valence-electron chi connectivity index (χ0n) is 17.8. The molecule has 0 aliphatic carbocycles. The molecule has 2 aromatic rings. The van der Waals surface area contributed by atoms with Crippen LogP contribution in [0.4, 0.5) is 22.2 Å². The first kappa shape index (κ1) is 22.4. The number of rotatable bonds is 10. The van der Waals surface area contributed by atoms with Gasteiger partial charge in [0.2, 0.25) is 5.95 Å². The van der Waals surface area contributed by atoms with Gasteiger partial charge in [-0.1, -0.05) is 6.92 Å². The van der Waals surface area contributed by atoms with Crippen molar-refractivity contribution in [1.82, 2.24) is 15.3 Å². The summed E-state index contributed by atoms with van der Waals surface area (Å²) < 4.78 is 10.7. The number of ether oxygens (including phenoxy) is 2.